The number of rotatable bonds is 4. The monoisotopic (exact) mass is 517 g/mol. The fourth-order valence-corrected chi connectivity index (χ4v) is 7.73. The third-order valence-electron chi connectivity index (χ3n) is 7.28. The molecule has 2 aliphatic rings. The van der Waals surface area contributed by atoms with Gasteiger partial charge in [-0.2, -0.15) is 4.31 Å². The predicted molar refractivity (Wildman–Crippen MR) is 142 cm³/mol. The molecule has 6 rings (SSSR count). The van der Waals surface area contributed by atoms with Crippen molar-refractivity contribution in [1.29, 1.82) is 0 Å². The lowest BCUT2D eigenvalue weighted by atomic mass is 9.97. The Morgan fingerprint density at radius 1 is 0.861 bits per heavy atom. The van der Waals surface area contributed by atoms with Crippen molar-refractivity contribution in [3.8, 4) is 0 Å². The van der Waals surface area contributed by atoms with Crippen LogP contribution >= 0.6 is 11.3 Å². The standard InChI is InChI=1S/C28H27N3O3S2/c32-28(30-16-13-21(14-17-30)27-29-25-7-3-4-8-26(25)35-27)22-9-11-24(12-10-22)36(33,34)31-18-15-20-5-1-2-6-23(20)19-31/h1-12,21H,13-19H2. The number of fused-ring (bicyclic) bond motifs is 2. The number of aromatic nitrogens is 1. The molecule has 0 unspecified atom stereocenters. The summed E-state index contributed by atoms with van der Waals surface area (Å²) in [6, 6.07) is 22.6. The maximum absolute atomic E-state index is 13.2. The van der Waals surface area contributed by atoms with Crippen molar-refractivity contribution in [2.75, 3.05) is 19.6 Å². The molecule has 0 bridgehead atoms. The molecular formula is C28H27N3O3S2. The van der Waals surface area contributed by atoms with Gasteiger partial charge in [0.05, 0.1) is 20.1 Å². The normalized spacial score (nSPS) is 17.3. The molecule has 0 spiro atoms. The van der Waals surface area contributed by atoms with Gasteiger partial charge in [0.15, 0.2) is 0 Å². The van der Waals surface area contributed by atoms with Crippen LogP contribution in [0.5, 0.6) is 0 Å². The largest absolute Gasteiger partial charge is 0.339 e. The fraction of sp³-hybridized carbons (Fsp3) is 0.286. The minimum absolute atomic E-state index is 0.0476. The molecule has 0 aliphatic carbocycles. The highest BCUT2D eigenvalue weighted by molar-refractivity contribution is 7.89. The van der Waals surface area contributed by atoms with Crippen LogP contribution in [0, 0.1) is 0 Å². The number of thiazole rings is 1. The highest BCUT2D eigenvalue weighted by atomic mass is 32.2. The van der Waals surface area contributed by atoms with Crippen LogP contribution in [0.15, 0.2) is 77.7 Å². The second kappa shape index (κ2) is 9.42. The number of carbonyl (C=O) groups excluding carboxylic acids is 1. The number of piperidine rings is 1. The smallest absolute Gasteiger partial charge is 0.253 e. The van der Waals surface area contributed by atoms with Crippen LogP contribution < -0.4 is 0 Å². The second-order valence-electron chi connectivity index (χ2n) is 9.47. The summed E-state index contributed by atoms with van der Waals surface area (Å²) in [6.07, 6.45) is 2.47. The fourth-order valence-electron chi connectivity index (χ4n) is 5.17. The zero-order chi connectivity index (χ0) is 24.7. The minimum atomic E-state index is -3.62. The van der Waals surface area contributed by atoms with E-state index in [2.05, 4.69) is 12.1 Å². The Balaban J connectivity index is 1.11. The van der Waals surface area contributed by atoms with E-state index in [0.29, 0.717) is 44.1 Å². The Kier molecular flexibility index (Phi) is 6.11. The first kappa shape index (κ1) is 23.3. The van der Waals surface area contributed by atoms with Crippen molar-refractivity contribution in [2.24, 2.45) is 0 Å². The summed E-state index contributed by atoms with van der Waals surface area (Å²) in [5, 5.41) is 1.15. The molecular weight excluding hydrogens is 490 g/mol. The number of benzene rings is 3. The van der Waals surface area contributed by atoms with Crippen LogP contribution in [-0.2, 0) is 23.0 Å². The van der Waals surface area contributed by atoms with Crippen molar-refractivity contribution in [2.45, 2.75) is 36.6 Å². The summed E-state index contributed by atoms with van der Waals surface area (Å²) in [7, 11) is -3.62. The van der Waals surface area contributed by atoms with Gasteiger partial charge in [-0.25, -0.2) is 13.4 Å². The Hall–Kier alpha value is -3.07. The van der Waals surface area contributed by atoms with Crippen LogP contribution in [0.3, 0.4) is 0 Å². The number of hydrogen-bond acceptors (Lipinski definition) is 5. The van der Waals surface area contributed by atoms with E-state index in [1.165, 1.54) is 14.6 Å². The maximum atomic E-state index is 13.2. The molecule has 3 aromatic carbocycles. The number of amides is 1. The molecule has 4 aromatic rings. The summed E-state index contributed by atoms with van der Waals surface area (Å²) in [4.78, 5) is 20.0. The number of likely N-dealkylation sites (tertiary alicyclic amines) is 1. The lowest BCUT2D eigenvalue weighted by Gasteiger charge is -2.31. The minimum Gasteiger partial charge on any atom is -0.339 e. The highest BCUT2D eigenvalue weighted by Gasteiger charge is 2.29. The Morgan fingerprint density at radius 2 is 1.56 bits per heavy atom. The zero-order valence-corrected chi connectivity index (χ0v) is 21.5. The first-order chi connectivity index (χ1) is 17.5. The number of sulfonamides is 1. The molecule has 0 atom stereocenters. The van der Waals surface area contributed by atoms with Gasteiger partial charge in [-0.15, -0.1) is 11.3 Å². The van der Waals surface area contributed by atoms with Crippen LogP contribution in [0.25, 0.3) is 10.2 Å². The van der Waals surface area contributed by atoms with Crippen molar-refractivity contribution in [1.82, 2.24) is 14.2 Å². The first-order valence-electron chi connectivity index (χ1n) is 12.3. The maximum Gasteiger partial charge on any atom is 0.253 e. The molecule has 1 aromatic heterocycles. The molecule has 0 saturated carbocycles. The lowest BCUT2D eigenvalue weighted by molar-refractivity contribution is 0.0713. The van der Waals surface area contributed by atoms with E-state index in [9.17, 15) is 13.2 Å². The third-order valence-corrected chi connectivity index (χ3v) is 10.3. The quantitative estimate of drug-likeness (QED) is 0.379. The molecule has 2 aliphatic heterocycles. The summed E-state index contributed by atoms with van der Waals surface area (Å²) in [6.45, 7) is 2.19. The molecule has 3 heterocycles. The molecule has 184 valence electrons. The van der Waals surface area contributed by atoms with Gasteiger partial charge in [0.25, 0.3) is 5.91 Å². The van der Waals surface area contributed by atoms with Crippen molar-refractivity contribution < 1.29 is 13.2 Å². The number of carbonyl (C=O) groups is 1. The lowest BCUT2D eigenvalue weighted by Crippen LogP contribution is -2.38. The van der Waals surface area contributed by atoms with Gasteiger partial charge in [0, 0.05) is 37.7 Å². The van der Waals surface area contributed by atoms with Crippen LogP contribution in [0.2, 0.25) is 0 Å². The third kappa shape index (κ3) is 4.34. The molecule has 8 heteroatoms. The van der Waals surface area contributed by atoms with E-state index in [1.807, 2.05) is 41.3 Å². The highest BCUT2D eigenvalue weighted by Crippen LogP contribution is 2.34. The number of hydrogen-bond donors (Lipinski definition) is 0. The van der Waals surface area contributed by atoms with Crippen LogP contribution in [-0.4, -0.2) is 48.1 Å². The van der Waals surface area contributed by atoms with Gasteiger partial charge < -0.3 is 4.90 Å². The molecule has 0 N–H and O–H groups in total. The van der Waals surface area contributed by atoms with E-state index in [0.717, 1.165) is 28.9 Å². The first-order valence-corrected chi connectivity index (χ1v) is 14.6. The van der Waals surface area contributed by atoms with E-state index in [-0.39, 0.29) is 10.8 Å². The van der Waals surface area contributed by atoms with E-state index >= 15 is 0 Å². The second-order valence-corrected chi connectivity index (χ2v) is 12.5. The molecule has 1 fully saturated rings. The molecule has 0 radical (unpaired) electrons. The Bertz CT molecular complexity index is 1490. The van der Waals surface area contributed by atoms with Crippen molar-refractivity contribution in [3.63, 3.8) is 0 Å². The molecule has 6 nitrogen and oxygen atoms in total. The van der Waals surface area contributed by atoms with Gasteiger partial charge in [-0.05, 0) is 66.8 Å². The average Bonchev–Trinajstić information content (AvgIpc) is 3.37. The summed E-state index contributed by atoms with van der Waals surface area (Å²) >= 11 is 1.75. The van der Waals surface area contributed by atoms with Gasteiger partial charge in [-0.3, -0.25) is 4.79 Å². The topological polar surface area (TPSA) is 70.6 Å². The van der Waals surface area contributed by atoms with E-state index in [1.54, 1.807) is 35.6 Å². The van der Waals surface area contributed by atoms with E-state index in [4.69, 9.17) is 4.98 Å². The number of nitrogens with zero attached hydrogens (tertiary/aromatic N) is 3. The Labute approximate surface area is 215 Å². The van der Waals surface area contributed by atoms with Crippen LogP contribution in [0.1, 0.15) is 45.3 Å². The average molecular weight is 518 g/mol. The molecule has 1 saturated heterocycles. The molecule has 36 heavy (non-hydrogen) atoms. The van der Waals surface area contributed by atoms with Crippen molar-refractivity contribution in [3.05, 3.63) is 94.5 Å². The Morgan fingerprint density at radius 3 is 2.31 bits per heavy atom. The van der Waals surface area contributed by atoms with Gasteiger partial charge in [-0.1, -0.05) is 36.4 Å². The summed E-state index contributed by atoms with van der Waals surface area (Å²) in [5.74, 6) is 0.322. The summed E-state index contributed by atoms with van der Waals surface area (Å²) in [5.41, 5.74) is 3.82. The number of para-hydroxylation sites is 1. The van der Waals surface area contributed by atoms with Gasteiger partial charge in [0.2, 0.25) is 10.0 Å². The summed E-state index contributed by atoms with van der Waals surface area (Å²) < 4.78 is 29.2. The van der Waals surface area contributed by atoms with Crippen LogP contribution in [0.4, 0.5) is 0 Å². The molecule has 1 amide bonds. The van der Waals surface area contributed by atoms with Gasteiger partial charge >= 0.3 is 0 Å². The van der Waals surface area contributed by atoms with E-state index < -0.39 is 10.0 Å². The predicted octanol–water partition coefficient (Wildman–Crippen LogP) is 5.06. The SMILES string of the molecule is O=C(c1ccc(S(=O)(=O)N2CCc3ccccc3C2)cc1)N1CCC(c2nc3ccccc3s2)CC1. The van der Waals surface area contributed by atoms with Crippen molar-refractivity contribution >= 4 is 37.5 Å². The van der Waals surface area contributed by atoms with Gasteiger partial charge in [0.1, 0.15) is 0 Å². The zero-order valence-electron chi connectivity index (χ0n) is 19.8.